The lowest BCUT2D eigenvalue weighted by molar-refractivity contribution is -0.161. The average molecular weight is 446 g/mol. The topological polar surface area (TPSA) is 53.5 Å². The summed E-state index contributed by atoms with van der Waals surface area (Å²) < 4.78 is 12.9. The largest absolute Gasteiger partial charge is 0.341 e. The number of carbonyl (C=O) groups excluding carboxylic acids is 1. The molecule has 0 N–H and O–H groups in total. The average Bonchev–Trinajstić information content (AvgIpc) is 2.64. The Balaban J connectivity index is 1.31. The van der Waals surface area contributed by atoms with Crippen LogP contribution in [0.1, 0.15) is 76.5 Å². The number of rotatable bonds is 5. The van der Waals surface area contributed by atoms with Gasteiger partial charge < -0.3 is 14.4 Å². The van der Waals surface area contributed by atoms with Crippen LogP contribution in [0, 0.1) is 11.3 Å². The fourth-order valence-electron chi connectivity index (χ4n) is 5.92. The fraction of sp³-hybridized carbons (Fsp3) is 0.760. The van der Waals surface area contributed by atoms with Crippen LogP contribution in [0.3, 0.4) is 0 Å². The number of amides is 1. The molecule has 1 amide bonds. The molecule has 0 unspecified atom stereocenters. The second-order valence-corrected chi connectivity index (χ2v) is 14.6. The molecule has 4 rings (SSSR count). The standard InChI is InChI=1S/C25H40N3O2P/c1-17(2)23-22(31(5,6)30)11-20(14-26-23)19-7-9-27(10-8-19)21-12-25(13-21)15-28(16-25)24(29)18(3)4/h11,14,17-19,21H,7-10,12-13,15-16H2,1-6H3. The maximum absolute atomic E-state index is 12.9. The zero-order valence-corrected chi connectivity index (χ0v) is 21.1. The molecule has 2 saturated heterocycles. The van der Waals surface area contributed by atoms with Crippen LogP contribution < -0.4 is 5.30 Å². The zero-order valence-electron chi connectivity index (χ0n) is 20.2. The number of hydrogen-bond acceptors (Lipinski definition) is 4. The lowest BCUT2D eigenvalue weighted by atomic mass is 9.60. The van der Waals surface area contributed by atoms with E-state index < -0.39 is 7.14 Å². The van der Waals surface area contributed by atoms with Crippen LogP contribution in [0.2, 0.25) is 0 Å². The first-order chi connectivity index (χ1) is 14.5. The summed E-state index contributed by atoms with van der Waals surface area (Å²) in [5.41, 5.74) is 2.69. The summed E-state index contributed by atoms with van der Waals surface area (Å²) in [6, 6.07) is 2.90. The van der Waals surface area contributed by atoms with Crippen molar-refractivity contribution in [1.29, 1.82) is 0 Å². The van der Waals surface area contributed by atoms with Gasteiger partial charge in [-0.1, -0.05) is 27.7 Å². The summed E-state index contributed by atoms with van der Waals surface area (Å²) in [6.45, 7) is 16.2. The molecule has 1 aliphatic carbocycles. The highest BCUT2D eigenvalue weighted by Crippen LogP contribution is 2.51. The van der Waals surface area contributed by atoms with Gasteiger partial charge in [0, 0.05) is 42.0 Å². The molecule has 1 spiro atoms. The van der Waals surface area contributed by atoms with E-state index in [1.165, 1.54) is 18.4 Å². The van der Waals surface area contributed by atoms with Gasteiger partial charge in [-0.15, -0.1) is 0 Å². The van der Waals surface area contributed by atoms with Crippen molar-refractivity contribution in [3.8, 4) is 0 Å². The van der Waals surface area contributed by atoms with E-state index in [1.54, 1.807) is 0 Å². The molecule has 0 aromatic carbocycles. The summed E-state index contributed by atoms with van der Waals surface area (Å²) in [5, 5.41) is 0.980. The Kier molecular flexibility index (Phi) is 6.15. The van der Waals surface area contributed by atoms with E-state index in [9.17, 15) is 9.36 Å². The summed E-state index contributed by atoms with van der Waals surface area (Å²) >= 11 is 0. The maximum atomic E-state index is 12.9. The fourth-order valence-corrected chi connectivity index (χ4v) is 7.24. The normalized spacial score (nSPS) is 22.8. The third-order valence-corrected chi connectivity index (χ3v) is 9.28. The highest BCUT2D eigenvalue weighted by atomic mass is 31.2. The molecule has 3 aliphatic rings. The van der Waals surface area contributed by atoms with Crippen molar-refractivity contribution in [3.05, 3.63) is 23.5 Å². The van der Waals surface area contributed by atoms with Gasteiger partial charge in [0.1, 0.15) is 7.14 Å². The van der Waals surface area contributed by atoms with Crippen LogP contribution in [0.5, 0.6) is 0 Å². The smallest absolute Gasteiger partial charge is 0.225 e. The quantitative estimate of drug-likeness (QED) is 0.635. The van der Waals surface area contributed by atoms with Crippen LogP contribution in [0.25, 0.3) is 0 Å². The van der Waals surface area contributed by atoms with Crippen LogP contribution in [0.4, 0.5) is 0 Å². The summed E-state index contributed by atoms with van der Waals surface area (Å²) in [4.78, 5) is 21.6. The van der Waals surface area contributed by atoms with Crippen LogP contribution in [0.15, 0.2) is 12.3 Å². The van der Waals surface area contributed by atoms with Gasteiger partial charge in [0.15, 0.2) is 0 Å². The van der Waals surface area contributed by atoms with Crippen molar-refractivity contribution < 1.29 is 9.36 Å². The molecular formula is C25H40N3O2P. The minimum Gasteiger partial charge on any atom is -0.341 e. The van der Waals surface area contributed by atoms with Gasteiger partial charge in [-0.25, -0.2) is 0 Å². The van der Waals surface area contributed by atoms with Gasteiger partial charge in [0.05, 0.1) is 5.69 Å². The van der Waals surface area contributed by atoms with Gasteiger partial charge in [-0.2, -0.15) is 0 Å². The van der Waals surface area contributed by atoms with E-state index in [-0.39, 0.29) is 5.92 Å². The van der Waals surface area contributed by atoms with E-state index in [1.807, 2.05) is 33.4 Å². The minimum absolute atomic E-state index is 0.117. The second-order valence-electron chi connectivity index (χ2n) is 11.4. The lowest BCUT2D eigenvalue weighted by Gasteiger charge is -2.61. The molecule has 3 fully saturated rings. The Morgan fingerprint density at radius 3 is 2.26 bits per heavy atom. The van der Waals surface area contributed by atoms with Gasteiger partial charge in [-0.05, 0) is 75.6 Å². The third-order valence-electron chi connectivity index (χ3n) is 7.76. The van der Waals surface area contributed by atoms with Crippen molar-refractivity contribution in [2.24, 2.45) is 11.3 Å². The summed E-state index contributed by atoms with van der Waals surface area (Å²) in [6.07, 6.45) is 6.86. The van der Waals surface area contributed by atoms with E-state index >= 15 is 0 Å². The lowest BCUT2D eigenvalue weighted by Crippen LogP contribution is -2.68. The molecule has 172 valence electrons. The molecule has 31 heavy (non-hydrogen) atoms. The Morgan fingerprint density at radius 2 is 1.74 bits per heavy atom. The number of aromatic nitrogens is 1. The molecule has 2 aliphatic heterocycles. The van der Waals surface area contributed by atoms with Gasteiger partial charge in [-0.3, -0.25) is 9.78 Å². The van der Waals surface area contributed by atoms with Crippen molar-refractivity contribution in [2.75, 3.05) is 39.5 Å². The molecule has 0 bridgehead atoms. The van der Waals surface area contributed by atoms with Crippen LogP contribution >= 0.6 is 7.14 Å². The Morgan fingerprint density at radius 1 is 1.13 bits per heavy atom. The monoisotopic (exact) mass is 445 g/mol. The Bertz CT molecular complexity index is 869. The highest BCUT2D eigenvalue weighted by molar-refractivity contribution is 7.70. The summed E-state index contributed by atoms with van der Waals surface area (Å²) in [5.74, 6) is 1.25. The first kappa shape index (κ1) is 23.0. The number of nitrogens with zero attached hydrogens (tertiary/aromatic N) is 3. The summed E-state index contributed by atoms with van der Waals surface area (Å²) in [7, 11) is -2.34. The maximum Gasteiger partial charge on any atom is 0.225 e. The van der Waals surface area contributed by atoms with Gasteiger partial charge >= 0.3 is 0 Å². The molecule has 1 aromatic heterocycles. The number of carbonyl (C=O) groups is 1. The molecule has 0 radical (unpaired) electrons. The molecule has 0 atom stereocenters. The van der Waals surface area contributed by atoms with E-state index in [4.69, 9.17) is 4.98 Å². The minimum atomic E-state index is -2.34. The van der Waals surface area contributed by atoms with Crippen molar-refractivity contribution in [1.82, 2.24) is 14.8 Å². The molecule has 6 heteroatoms. The molecule has 1 saturated carbocycles. The predicted molar refractivity (Wildman–Crippen MR) is 128 cm³/mol. The zero-order chi connectivity index (χ0) is 22.6. The van der Waals surface area contributed by atoms with Gasteiger partial charge in [0.25, 0.3) is 0 Å². The predicted octanol–water partition coefficient (Wildman–Crippen LogP) is 4.28. The Labute approximate surface area is 188 Å². The molecule has 1 aromatic rings. The van der Waals surface area contributed by atoms with Crippen molar-refractivity contribution in [2.45, 2.75) is 71.3 Å². The third kappa shape index (κ3) is 4.50. The SMILES string of the molecule is CC(C)C(=O)N1CC2(CC(N3CCC(c4cnc(C(C)C)c(P(C)(C)=O)c4)CC3)C2)C1. The van der Waals surface area contributed by atoms with Crippen LogP contribution in [-0.2, 0) is 9.36 Å². The molecular weight excluding hydrogens is 405 g/mol. The number of likely N-dealkylation sites (tertiary alicyclic amines) is 2. The Hall–Kier alpha value is -1.19. The van der Waals surface area contributed by atoms with E-state index in [0.717, 1.165) is 50.0 Å². The van der Waals surface area contributed by atoms with Crippen molar-refractivity contribution >= 4 is 18.4 Å². The van der Waals surface area contributed by atoms with Crippen molar-refractivity contribution in [3.63, 3.8) is 0 Å². The highest BCUT2D eigenvalue weighted by Gasteiger charge is 2.55. The first-order valence-corrected chi connectivity index (χ1v) is 14.7. The van der Waals surface area contributed by atoms with E-state index in [0.29, 0.717) is 29.2 Å². The van der Waals surface area contributed by atoms with E-state index in [2.05, 4.69) is 29.7 Å². The second kappa shape index (κ2) is 8.30. The van der Waals surface area contributed by atoms with Gasteiger partial charge in [0.2, 0.25) is 5.91 Å². The van der Waals surface area contributed by atoms with Crippen LogP contribution in [-0.4, -0.2) is 66.2 Å². The first-order valence-electron chi connectivity index (χ1n) is 12.1. The number of pyridine rings is 1. The number of piperidine rings is 1. The molecule has 5 nitrogen and oxygen atoms in total. The number of hydrogen-bond donors (Lipinski definition) is 0. The molecule has 3 heterocycles.